The number of nitrogens with two attached hydrogens (primary N) is 1. The van der Waals surface area contributed by atoms with Crippen LogP contribution in [0.2, 0.25) is 5.02 Å². The minimum absolute atomic E-state index is 0.0433. The number of nitrogens with one attached hydrogen (secondary N) is 1. The molecule has 0 saturated carbocycles. The smallest absolute Gasteiger partial charge is 0.232 e. The van der Waals surface area contributed by atoms with Gasteiger partial charge in [-0.15, -0.1) is 0 Å². The van der Waals surface area contributed by atoms with Crippen molar-refractivity contribution in [1.29, 1.82) is 0 Å². The fourth-order valence-corrected chi connectivity index (χ4v) is 2.40. The first-order chi connectivity index (χ1) is 9.07. The van der Waals surface area contributed by atoms with E-state index in [0.29, 0.717) is 43.3 Å². The minimum atomic E-state index is -0.518. The minimum Gasteiger partial charge on any atom is -0.381 e. The second-order valence-electron chi connectivity index (χ2n) is 5.01. The molecule has 0 atom stereocenters. The maximum absolute atomic E-state index is 12.4. The van der Waals surface area contributed by atoms with Gasteiger partial charge in [-0.1, -0.05) is 17.7 Å². The van der Waals surface area contributed by atoms with Crippen molar-refractivity contribution in [2.24, 2.45) is 11.1 Å². The Morgan fingerprint density at radius 3 is 2.74 bits per heavy atom. The van der Waals surface area contributed by atoms with E-state index in [4.69, 9.17) is 22.1 Å². The van der Waals surface area contributed by atoms with Crippen LogP contribution in [0.1, 0.15) is 18.4 Å². The van der Waals surface area contributed by atoms with Crippen LogP contribution in [0, 0.1) is 12.3 Å². The zero-order valence-electron chi connectivity index (χ0n) is 11.0. The third-order valence-electron chi connectivity index (χ3n) is 3.75. The number of anilines is 1. The second-order valence-corrected chi connectivity index (χ2v) is 5.42. The molecule has 0 bridgehead atoms. The Morgan fingerprint density at radius 1 is 1.47 bits per heavy atom. The summed E-state index contributed by atoms with van der Waals surface area (Å²) in [4.78, 5) is 12.4. The van der Waals surface area contributed by atoms with E-state index in [1.807, 2.05) is 19.1 Å². The van der Waals surface area contributed by atoms with Crippen molar-refractivity contribution >= 4 is 23.2 Å². The lowest BCUT2D eigenvalue weighted by atomic mass is 9.79. The molecule has 5 heteroatoms. The normalized spacial score (nSPS) is 18.1. The molecular formula is C14H19ClN2O2. The van der Waals surface area contributed by atoms with Crippen molar-refractivity contribution in [3.63, 3.8) is 0 Å². The first-order valence-electron chi connectivity index (χ1n) is 6.43. The number of hydrogen-bond donors (Lipinski definition) is 2. The van der Waals surface area contributed by atoms with E-state index in [-0.39, 0.29) is 5.91 Å². The summed E-state index contributed by atoms with van der Waals surface area (Å²) in [6, 6.07) is 5.50. The van der Waals surface area contributed by atoms with Gasteiger partial charge in [0.2, 0.25) is 5.91 Å². The van der Waals surface area contributed by atoms with Crippen LogP contribution in [0.4, 0.5) is 5.69 Å². The highest BCUT2D eigenvalue weighted by atomic mass is 35.5. The largest absolute Gasteiger partial charge is 0.381 e. The van der Waals surface area contributed by atoms with Gasteiger partial charge < -0.3 is 15.8 Å². The number of carbonyl (C=O) groups is 1. The molecule has 4 nitrogen and oxygen atoms in total. The number of hydrogen-bond acceptors (Lipinski definition) is 3. The highest BCUT2D eigenvalue weighted by Crippen LogP contribution is 2.31. The van der Waals surface area contributed by atoms with Gasteiger partial charge in [0.25, 0.3) is 0 Å². The molecule has 0 unspecified atom stereocenters. The fraction of sp³-hybridized carbons (Fsp3) is 0.500. The molecule has 104 valence electrons. The Morgan fingerprint density at radius 2 is 2.16 bits per heavy atom. The number of halogens is 1. The molecule has 1 fully saturated rings. The van der Waals surface area contributed by atoms with Gasteiger partial charge in [0.1, 0.15) is 0 Å². The first-order valence-corrected chi connectivity index (χ1v) is 6.81. The number of rotatable bonds is 3. The second kappa shape index (κ2) is 5.90. The fourth-order valence-electron chi connectivity index (χ4n) is 2.22. The molecule has 3 N–H and O–H groups in total. The molecule has 1 saturated heterocycles. The SMILES string of the molecule is Cc1ccc(NC(=O)C2(CN)CCOCC2)cc1Cl. The van der Waals surface area contributed by atoms with Gasteiger partial charge in [0.15, 0.2) is 0 Å². The molecular weight excluding hydrogens is 264 g/mol. The van der Waals surface area contributed by atoms with Crippen molar-refractivity contribution in [2.75, 3.05) is 25.1 Å². The van der Waals surface area contributed by atoms with E-state index in [1.54, 1.807) is 6.07 Å². The number of carbonyl (C=O) groups excluding carboxylic acids is 1. The van der Waals surface area contributed by atoms with Gasteiger partial charge in [0, 0.05) is 30.5 Å². The maximum Gasteiger partial charge on any atom is 0.232 e. The lowest BCUT2D eigenvalue weighted by Gasteiger charge is -2.34. The Bertz CT molecular complexity index is 471. The van der Waals surface area contributed by atoms with Crippen LogP contribution >= 0.6 is 11.6 Å². The third kappa shape index (κ3) is 3.08. The van der Waals surface area contributed by atoms with Crippen molar-refractivity contribution in [3.05, 3.63) is 28.8 Å². The molecule has 1 aromatic rings. The maximum atomic E-state index is 12.4. The summed E-state index contributed by atoms with van der Waals surface area (Å²) < 4.78 is 5.31. The van der Waals surface area contributed by atoms with Crippen molar-refractivity contribution < 1.29 is 9.53 Å². The highest BCUT2D eigenvalue weighted by molar-refractivity contribution is 6.31. The van der Waals surface area contributed by atoms with Gasteiger partial charge in [-0.2, -0.15) is 0 Å². The predicted octanol–water partition coefficient (Wildman–Crippen LogP) is 2.34. The van der Waals surface area contributed by atoms with E-state index < -0.39 is 5.41 Å². The highest BCUT2D eigenvalue weighted by Gasteiger charge is 2.38. The van der Waals surface area contributed by atoms with E-state index in [0.717, 1.165) is 5.56 Å². The van der Waals surface area contributed by atoms with Gasteiger partial charge in [0.05, 0.1) is 5.41 Å². The molecule has 0 radical (unpaired) electrons. The molecule has 1 aliphatic heterocycles. The zero-order valence-corrected chi connectivity index (χ0v) is 11.8. The lowest BCUT2D eigenvalue weighted by molar-refractivity contribution is -0.130. The summed E-state index contributed by atoms with van der Waals surface area (Å²) >= 11 is 6.06. The van der Waals surface area contributed by atoms with E-state index in [9.17, 15) is 4.79 Å². The molecule has 1 heterocycles. The summed E-state index contributed by atoms with van der Waals surface area (Å²) in [7, 11) is 0. The molecule has 0 spiro atoms. The topological polar surface area (TPSA) is 64.4 Å². The summed E-state index contributed by atoms with van der Waals surface area (Å²) in [5.41, 5.74) is 6.98. The summed E-state index contributed by atoms with van der Waals surface area (Å²) in [6.45, 7) is 3.42. The average molecular weight is 283 g/mol. The third-order valence-corrected chi connectivity index (χ3v) is 4.16. The van der Waals surface area contributed by atoms with Crippen molar-refractivity contribution in [3.8, 4) is 0 Å². The van der Waals surface area contributed by atoms with Gasteiger partial charge in [-0.05, 0) is 37.5 Å². The molecule has 19 heavy (non-hydrogen) atoms. The summed E-state index contributed by atoms with van der Waals surface area (Å²) in [5.74, 6) is -0.0433. The van der Waals surface area contributed by atoms with E-state index in [1.165, 1.54) is 0 Å². The number of benzene rings is 1. The average Bonchev–Trinajstić information content (AvgIpc) is 2.43. The van der Waals surface area contributed by atoms with Crippen LogP contribution in [0.3, 0.4) is 0 Å². The van der Waals surface area contributed by atoms with Crippen LogP contribution in [0.5, 0.6) is 0 Å². The lowest BCUT2D eigenvalue weighted by Crippen LogP contribution is -2.46. The van der Waals surface area contributed by atoms with E-state index in [2.05, 4.69) is 5.32 Å². The van der Waals surface area contributed by atoms with Crippen LogP contribution in [-0.2, 0) is 9.53 Å². The molecule has 2 rings (SSSR count). The van der Waals surface area contributed by atoms with Crippen LogP contribution in [-0.4, -0.2) is 25.7 Å². The molecule has 1 aliphatic rings. The molecule has 0 aliphatic carbocycles. The number of aryl methyl sites for hydroxylation is 1. The quantitative estimate of drug-likeness (QED) is 0.894. The van der Waals surface area contributed by atoms with Crippen LogP contribution in [0.25, 0.3) is 0 Å². The zero-order chi connectivity index (χ0) is 13.9. The van der Waals surface area contributed by atoms with Crippen LogP contribution in [0.15, 0.2) is 18.2 Å². The molecule has 1 aromatic carbocycles. The standard InChI is InChI=1S/C14H19ClN2O2/c1-10-2-3-11(8-12(10)15)17-13(18)14(9-16)4-6-19-7-5-14/h2-3,8H,4-7,9,16H2,1H3,(H,17,18). The summed E-state index contributed by atoms with van der Waals surface area (Å²) in [5, 5.41) is 3.56. The predicted molar refractivity (Wildman–Crippen MR) is 76.4 cm³/mol. The Hall–Kier alpha value is -1.10. The van der Waals surface area contributed by atoms with Crippen LogP contribution < -0.4 is 11.1 Å². The Labute approximate surface area is 118 Å². The van der Waals surface area contributed by atoms with Crippen molar-refractivity contribution in [1.82, 2.24) is 0 Å². The monoisotopic (exact) mass is 282 g/mol. The Balaban J connectivity index is 2.12. The molecule has 1 amide bonds. The van der Waals surface area contributed by atoms with E-state index >= 15 is 0 Å². The van der Waals surface area contributed by atoms with Gasteiger partial charge in [-0.3, -0.25) is 4.79 Å². The first kappa shape index (κ1) is 14.3. The van der Waals surface area contributed by atoms with Gasteiger partial charge in [-0.25, -0.2) is 0 Å². The number of ether oxygens (including phenoxy) is 1. The Kier molecular flexibility index (Phi) is 4.45. The van der Waals surface area contributed by atoms with Crippen molar-refractivity contribution in [2.45, 2.75) is 19.8 Å². The summed E-state index contributed by atoms with van der Waals surface area (Å²) in [6.07, 6.45) is 1.32. The van der Waals surface area contributed by atoms with Gasteiger partial charge >= 0.3 is 0 Å². The molecule has 0 aromatic heterocycles. The number of amides is 1.